The molecule has 0 aliphatic heterocycles. The van der Waals surface area contributed by atoms with E-state index in [1.54, 1.807) is 0 Å². The average Bonchev–Trinajstić information content (AvgIpc) is 1.83. The average molecular weight is 177 g/mol. The summed E-state index contributed by atoms with van der Waals surface area (Å²) < 4.78 is 4.29. The summed E-state index contributed by atoms with van der Waals surface area (Å²) in [6.07, 6.45) is 0.155. The largest absolute Gasteiger partial charge is 0.468 e. The van der Waals surface area contributed by atoms with Crippen molar-refractivity contribution in [2.24, 2.45) is 0 Å². The van der Waals surface area contributed by atoms with E-state index in [1.165, 1.54) is 7.11 Å². The quantitative estimate of drug-likeness (QED) is 0.439. The predicted molar refractivity (Wildman–Crippen MR) is 33.3 cm³/mol. The Morgan fingerprint density at radius 1 is 1.88 bits per heavy atom. The lowest BCUT2D eigenvalue weighted by Crippen LogP contribution is -1.96. The first kappa shape index (κ1) is 7.51. The van der Waals surface area contributed by atoms with Gasteiger partial charge in [0.05, 0.1) is 7.11 Å². The summed E-state index contributed by atoms with van der Waals surface area (Å²) in [5.41, 5.74) is 0. The van der Waals surface area contributed by atoms with Gasteiger partial charge in [-0.15, -0.1) is 0 Å². The van der Waals surface area contributed by atoms with Crippen LogP contribution in [-0.2, 0) is 9.53 Å². The zero-order valence-corrected chi connectivity index (χ0v) is 5.99. The molecule has 3 heteroatoms. The van der Waals surface area contributed by atoms with E-state index in [4.69, 9.17) is 0 Å². The summed E-state index contributed by atoms with van der Waals surface area (Å²) in [7, 11) is 1.33. The van der Waals surface area contributed by atoms with E-state index in [0.717, 1.165) is 0 Å². The van der Waals surface area contributed by atoms with Gasteiger partial charge in [0.15, 0.2) is 0 Å². The molecular weight excluding hydrogens is 172 g/mol. The molecule has 0 aromatic heterocycles. The number of halogens is 1. The smallest absolute Gasteiger partial charge is 0.317 e. The van der Waals surface area contributed by atoms with E-state index >= 15 is 0 Å². The molecule has 0 saturated carbocycles. The van der Waals surface area contributed by atoms with Crippen LogP contribution in [0.15, 0.2) is 0 Å². The zero-order chi connectivity index (χ0) is 6.41. The fraction of sp³-hybridized carbons (Fsp3) is 0.400. The van der Waals surface area contributed by atoms with Gasteiger partial charge in [-0.05, 0) is 4.83 Å². The SMILES string of the molecule is COC(=O)CC#CBr. The highest BCUT2D eigenvalue weighted by Gasteiger charge is 1.91. The number of carbonyl (C=O) groups excluding carboxylic acids is 1. The highest BCUT2D eigenvalue weighted by atomic mass is 79.9. The van der Waals surface area contributed by atoms with Gasteiger partial charge < -0.3 is 4.74 Å². The third kappa shape index (κ3) is 3.69. The Morgan fingerprint density at radius 2 is 2.50 bits per heavy atom. The fourth-order valence-electron chi connectivity index (χ4n) is 0.178. The van der Waals surface area contributed by atoms with Gasteiger partial charge in [0.1, 0.15) is 6.42 Å². The minimum Gasteiger partial charge on any atom is -0.468 e. The number of carbonyl (C=O) groups is 1. The third-order valence-corrected chi connectivity index (χ3v) is 0.808. The molecule has 0 fully saturated rings. The van der Waals surface area contributed by atoms with Crippen molar-refractivity contribution in [2.45, 2.75) is 6.42 Å². The van der Waals surface area contributed by atoms with Crippen molar-refractivity contribution in [1.82, 2.24) is 0 Å². The molecule has 0 heterocycles. The highest BCUT2D eigenvalue weighted by molar-refractivity contribution is 9.12. The molecule has 0 bridgehead atoms. The van der Waals surface area contributed by atoms with Gasteiger partial charge in [0, 0.05) is 15.9 Å². The van der Waals surface area contributed by atoms with E-state index < -0.39 is 0 Å². The first-order chi connectivity index (χ1) is 3.81. The minimum atomic E-state index is -0.308. The molecule has 0 amide bonds. The summed E-state index contributed by atoms with van der Waals surface area (Å²) >= 11 is 2.84. The molecule has 0 rings (SSSR count). The summed E-state index contributed by atoms with van der Waals surface area (Å²) in [6, 6.07) is 0. The molecule has 0 aliphatic rings. The maximum Gasteiger partial charge on any atom is 0.317 e. The highest BCUT2D eigenvalue weighted by Crippen LogP contribution is 1.80. The molecule has 8 heavy (non-hydrogen) atoms. The van der Waals surface area contributed by atoms with Crippen LogP contribution in [0.2, 0.25) is 0 Å². The Bertz CT molecular complexity index is 131. The van der Waals surface area contributed by atoms with Crippen molar-refractivity contribution in [3.05, 3.63) is 0 Å². The first-order valence-corrected chi connectivity index (χ1v) is 2.76. The first-order valence-electron chi connectivity index (χ1n) is 1.96. The van der Waals surface area contributed by atoms with Gasteiger partial charge in [0.25, 0.3) is 0 Å². The fourth-order valence-corrected chi connectivity index (χ4v) is 0.318. The van der Waals surface area contributed by atoms with E-state index in [-0.39, 0.29) is 12.4 Å². The number of hydrogen-bond donors (Lipinski definition) is 0. The predicted octanol–water partition coefficient (Wildman–Crippen LogP) is 0.905. The lowest BCUT2D eigenvalue weighted by atomic mass is 10.5. The van der Waals surface area contributed by atoms with Crippen LogP contribution in [0.1, 0.15) is 6.42 Å². The minimum absolute atomic E-state index is 0.155. The van der Waals surface area contributed by atoms with Gasteiger partial charge in [-0.2, -0.15) is 0 Å². The van der Waals surface area contributed by atoms with E-state index in [2.05, 4.69) is 31.4 Å². The Labute approximate surface area is 56.3 Å². The lowest BCUT2D eigenvalue weighted by Gasteiger charge is -1.87. The van der Waals surface area contributed by atoms with E-state index in [0.29, 0.717) is 0 Å². The second-order valence-corrected chi connectivity index (χ2v) is 1.42. The summed E-state index contributed by atoms with van der Waals surface area (Å²) in [5.74, 6) is 2.18. The van der Waals surface area contributed by atoms with E-state index in [9.17, 15) is 4.79 Å². The standard InChI is InChI=1S/C5H5BrO2/c1-8-5(7)3-2-4-6/h3H2,1H3. The molecule has 0 radical (unpaired) electrons. The molecule has 0 aliphatic carbocycles. The Kier molecular flexibility index (Phi) is 4.38. The zero-order valence-electron chi connectivity index (χ0n) is 4.40. The normalized spacial score (nSPS) is 6.75. The molecule has 2 nitrogen and oxygen atoms in total. The van der Waals surface area contributed by atoms with Crippen LogP contribution in [0.5, 0.6) is 0 Å². The monoisotopic (exact) mass is 176 g/mol. The molecule has 0 saturated heterocycles. The number of rotatable bonds is 1. The molecule has 0 spiro atoms. The maximum absolute atomic E-state index is 10.2. The van der Waals surface area contributed by atoms with Crippen LogP contribution >= 0.6 is 15.9 Å². The molecule has 44 valence electrons. The molecule has 0 N–H and O–H groups in total. The van der Waals surface area contributed by atoms with Crippen LogP contribution in [0.3, 0.4) is 0 Å². The number of methoxy groups -OCH3 is 1. The van der Waals surface area contributed by atoms with Gasteiger partial charge in [-0.3, -0.25) is 4.79 Å². The van der Waals surface area contributed by atoms with Crippen molar-refractivity contribution in [3.8, 4) is 10.8 Å². The number of hydrogen-bond acceptors (Lipinski definition) is 2. The van der Waals surface area contributed by atoms with Crippen LogP contribution in [0, 0.1) is 10.8 Å². The summed E-state index contributed by atoms with van der Waals surface area (Å²) in [6.45, 7) is 0. The van der Waals surface area contributed by atoms with Crippen molar-refractivity contribution < 1.29 is 9.53 Å². The van der Waals surface area contributed by atoms with Crippen LogP contribution in [0.25, 0.3) is 0 Å². The molecule has 0 aromatic rings. The van der Waals surface area contributed by atoms with Gasteiger partial charge in [-0.1, -0.05) is 5.92 Å². The van der Waals surface area contributed by atoms with Crippen LogP contribution < -0.4 is 0 Å². The molecule has 0 atom stereocenters. The van der Waals surface area contributed by atoms with Crippen molar-refractivity contribution in [2.75, 3.05) is 7.11 Å². The Balaban J connectivity index is 3.35. The Morgan fingerprint density at radius 3 is 2.88 bits per heavy atom. The molecular formula is C5H5BrO2. The summed E-state index contributed by atoms with van der Waals surface area (Å²) in [4.78, 5) is 12.6. The number of esters is 1. The van der Waals surface area contributed by atoms with Gasteiger partial charge in [0.2, 0.25) is 0 Å². The Hall–Kier alpha value is -0.490. The topological polar surface area (TPSA) is 26.3 Å². The maximum atomic E-state index is 10.2. The van der Waals surface area contributed by atoms with Crippen LogP contribution in [0.4, 0.5) is 0 Å². The van der Waals surface area contributed by atoms with Crippen molar-refractivity contribution in [1.29, 1.82) is 0 Å². The second kappa shape index (κ2) is 4.66. The van der Waals surface area contributed by atoms with Crippen LogP contribution in [-0.4, -0.2) is 13.1 Å². The molecule has 0 aromatic carbocycles. The van der Waals surface area contributed by atoms with Gasteiger partial charge >= 0.3 is 5.97 Å². The van der Waals surface area contributed by atoms with Gasteiger partial charge in [-0.25, -0.2) is 0 Å². The van der Waals surface area contributed by atoms with Crippen molar-refractivity contribution >= 4 is 21.9 Å². The summed E-state index contributed by atoms with van der Waals surface area (Å²) in [5, 5.41) is 0. The second-order valence-electron chi connectivity index (χ2n) is 1.02. The van der Waals surface area contributed by atoms with E-state index in [1.807, 2.05) is 0 Å². The molecule has 0 unspecified atom stereocenters. The lowest BCUT2D eigenvalue weighted by molar-refractivity contribution is -0.139. The van der Waals surface area contributed by atoms with Crippen molar-refractivity contribution in [3.63, 3.8) is 0 Å². The number of ether oxygens (including phenoxy) is 1. The third-order valence-electron chi connectivity index (χ3n) is 0.527.